The van der Waals surface area contributed by atoms with Crippen LogP contribution in [0.2, 0.25) is 0 Å². The molecule has 0 radical (unpaired) electrons. The number of ketones is 1. The predicted octanol–water partition coefficient (Wildman–Crippen LogP) is 2.85. The maximum Gasteiger partial charge on any atom is 0.167 e. The van der Waals surface area contributed by atoms with Crippen LogP contribution in [0.1, 0.15) is 29.6 Å². The standard InChI is InChI=1S/C12H16BrNO2S/c13-11-8-17-7-10(11)12(15)3-6-16-9-1-4-14-5-2-9/h7-9,14H,1-6H2. The zero-order chi connectivity index (χ0) is 12.1. The molecule has 1 aliphatic rings. The van der Waals surface area contributed by atoms with Gasteiger partial charge >= 0.3 is 0 Å². The van der Waals surface area contributed by atoms with Crippen molar-refractivity contribution >= 4 is 33.0 Å². The minimum absolute atomic E-state index is 0.159. The van der Waals surface area contributed by atoms with Gasteiger partial charge in [0.05, 0.1) is 12.7 Å². The highest BCUT2D eigenvalue weighted by Gasteiger charge is 2.15. The molecule has 1 aromatic rings. The van der Waals surface area contributed by atoms with Gasteiger partial charge in [-0.2, -0.15) is 11.3 Å². The first-order chi connectivity index (χ1) is 8.27. The lowest BCUT2D eigenvalue weighted by Gasteiger charge is -2.22. The Hall–Kier alpha value is -0.230. The lowest BCUT2D eigenvalue weighted by molar-refractivity contribution is 0.0313. The largest absolute Gasteiger partial charge is 0.378 e. The maximum absolute atomic E-state index is 11.9. The number of carbonyl (C=O) groups excluding carboxylic acids is 1. The third-order valence-corrected chi connectivity index (χ3v) is 4.59. The molecule has 1 aromatic heterocycles. The molecule has 0 bridgehead atoms. The molecule has 2 rings (SSSR count). The molecule has 0 aliphatic carbocycles. The Balaban J connectivity index is 1.71. The van der Waals surface area contributed by atoms with E-state index in [0.717, 1.165) is 36.0 Å². The van der Waals surface area contributed by atoms with Crippen LogP contribution >= 0.6 is 27.3 Å². The SMILES string of the molecule is O=C(CCOC1CCNCC1)c1cscc1Br. The van der Waals surface area contributed by atoms with E-state index in [9.17, 15) is 4.79 Å². The molecule has 5 heteroatoms. The van der Waals surface area contributed by atoms with E-state index >= 15 is 0 Å². The first-order valence-electron chi connectivity index (χ1n) is 5.84. The molecule has 1 saturated heterocycles. The van der Waals surface area contributed by atoms with Gasteiger partial charge in [-0.25, -0.2) is 0 Å². The molecule has 2 heterocycles. The lowest BCUT2D eigenvalue weighted by atomic mass is 10.1. The molecule has 0 atom stereocenters. The van der Waals surface area contributed by atoms with E-state index in [4.69, 9.17) is 4.74 Å². The van der Waals surface area contributed by atoms with Crippen molar-refractivity contribution in [2.24, 2.45) is 0 Å². The van der Waals surface area contributed by atoms with Crippen LogP contribution in [0.15, 0.2) is 15.2 Å². The summed E-state index contributed by atoms with van der Waals surface area (Å²) in [5.41, 5.74) is 0.781. The molecule has 0 unspecified atom stereocenters. The van der Waals surface area contributed by atoms with E-state index in [1.54, 1.807) is 0 Å². The molecule has 3 nitrogen and oxygen atoms in total. The maximum atomic E-state index is 11.9. The highest BCUT2D eigenvalue weighted by atomic mass is 79.9. The van der Waals surface area contributed by atoms with Gasteiger partial charge in [-0.3, -0.25) is 4.79 Å². The Labute approximate surface area is 114 Å². The third kappa shape index (κ3) is 3.88. The molecule has 0 amide bonds. The Morgan fingerprint density at radius 3 is 2.88 bits per heavy atom. The first-order valence-corrected chi connectivity index (χ1v) is 7.58. The molecular formula is C12H16BrNO2S. The van der Waals surface area contributed by atoms with Crippen LogP contribution in [-0.2, 0) is 4.74 Å². The molecule has 94 valence electrons. The number of thiophene rings is 1. The van der Waals surface area contributed by atoms with Crippen molar-refractivity contribution in [3.8, 4) is 0 Å². The predicted molar refractivity (Wildman–Crippen MR) is 72.8 cm³/mol. The minimum atomic E-state index is 0.159. The molecule has 0 saturated carbocycles. The summed E-state index contributed by atoms with van der Waals surface area (Å²) in [6, 6.07) is 0. The van der Waals surface area contributed by atoms with Gasteiger partial charge in [-0.15, -0.1) is 0 Å². The van der Waals surface area contributed by atoms with E-state index in [2.05, 4.69) is 21.2 Å². The van der Waals surface area contributed by atoms with E-state index in [1.165, 1.54) is 11.3 Å². The Morgan fingerprint density at radius 1 is 1.47 bits per heavy atom. The molecule has 1 aliphatic heterocycles. The van der Waals surface area contributed by atoms with Gasteiger partial charge in [0.1, 0.15) is 0 Å². The average molecular weight is 318 g/mol. The van der Waals surface area contributed by atoms with Crippen molar-refractivity contribution in [2.75, 3.05) is 19.7 Å². The van der Waals surface area contributed by atoms with Crippen molar-refractivity contribution in [2.45, 2.75) is 25.4 Å². The molecule has 1 N–H and O–H groups in total. The summed E-state index contributed by atoms with van der Waals surface area (Å²) < 4.78 is 6.62. The fourth-order valence-electron chi connectivity index (χ4n) is 1.90. The van der Waals surface area contributed by atoms with E-state index in [-0.39, 0.29) is 5.78 Å². The third-order valence-electron chi connectivity index (χ3n) is 2.88. The lowest BCUT2D eigenvalue weighted by Crippen LogP contribution is -2.32. The Morgan fingerprint density at radius 2 is 2.24 bits per heavy atom. The summed E-state index contributed by atoms with van der Waals surface area (Å²) >= 11 is 4.92. The second-order valence-corrected chi connectivity index (χ2v) is 5.72. The summed E-state index contributed by atoms with van der Waals surface area (Å²) in [6.07, 6.45) is 2.90. The number of ether oxygens (including phenoxy) is 1. The van der Waals surface area contributed by atoms with Crippen molar-refractivity contribution in [1.82, 2.24) is 5.32 Å². The number of carbonyl (C=O) groups is 1. The number of nitrogens with one attached hydrogen (secondary N) is 1. The molecular weight excluding hydrogens is 302 g/mol. The van der Waals surface area contributed by atoms with Crippen LogP contribution in [0.5, 0.6) is 0 Å². The monoisotopic (exact) mass is 317 g/mol. The van der Waals surface area contributed by atoms with Gasteiger partial charge in [0.15, 0.2) is 5.78 Å². The van der Waals surface area contributed by atoms with Gasteiger partial charge in [0, 0.05) is 27.2 Å². The highest BCUT2D eigenvalue weighted by Crippen LogP contribution is 2.22. The van der Waals surface area contributed by atoms with Crippen molar-refractivity contribution in [3.05, 3.63) is 20.8 Å². The minimum Gasteiger partial charge on any atom is -0.378 e. The van der Waals surface area contributed by atoms with Crippen molar-refractivity contribution in [1.29, 1.82) is 0 Å². The zero-order valence-electron chi connectivity index (χ0n) is 9.58. The Bertz CT molecular complexity index is 374. The number of hydrogen-bond acceptors (Lipinski definition) is 4. The van der Waals surface area contributed by atoms with Crippen LogP contribution in [0.3, 0.4) is 0 Å². The highest BCUT2D eigenvalue weighted by molar-refractivity contribution is 9.10. The Kier molecular flexibility index (Phi) is 5.16. The van der Waals surface area contributed by atoms with E-state index in [1.807, 2.05) is 10.8 Å². The van der Waals surface area contributed by atoms with Crippen LogP contribution in [-0.4, -0.2) is 31.6 Å². The van der Waals surface area contributed by atoms with Crippen molar-refractivity contribution < 1.29 is 9.53 Å². The van der Waals surface area contributed by atoms with Gasteiger partial charge < -0.3 is 10.1 Å². The number of rotatable bonds is 5. The summed E-state index contributed by atoms with van der Waals surface area (Å²) in [7, 11) is 0. The molecule has 0 aromatic carbocycles. The summed E-state index contributed by atoms with van der Waals surface area (Å²) in [6.45, 7) is 2.58. The smallest absolute Gasteiger partial charge is 0.167 e. The van der Waals surface area contributed by atoms with Crippen LogP contribution in [0.4, 0.5) is 0 Å². The van der Waals surface area contributed by atoms with Crippen LogP contribution in [0.25, 0.3) is 0 Å². The summed E-state index contributed by atoms with van der Waals surface area (Å²) in [4.78, 5) is 11.9. The van der Waals surface area contributed by atoms with Gasteiger partial charge in [0.2, 0.25) is 0 Å². The van der Waals surface area contributed by atoms with Crippen LogP contribution in [0, 0.1) is 0 Å². The fraction of sp³-hybridized carbons (Fsp3) is 0.583. The quantitative estimate of drug-likeness (QED) is 0.849. The number of hydrogen-bond donors (Lipinski definition) is 1. The topological polar surface area (TPSA) is 38.3 Å². The molecule has 17 heavy (non-hydrogen) atoms. The van der Waals surface area contributed by atoms with E-state index in [0.29, 0.717) is 19.1 Å². The summed E-state index contributed by atoms with van der Waals surface area (Å²) in [5, 5.41) is 7.11. The number of halogens is 1. The van der Waals surface area contributed by atoms with Gasteiger partial charge in [-0.05, 0) is 41.9 Å². The summed E-state index contributed by atoms with van der Waals surface area (Å²) in [5.74, 6) is 0.159. The zero-order valence-corrected chi connectivity index (χ0v) is 12.0. The number of Topliss-reactive ketones (excluding diaryl/α,β-unsaturated/α-hetero) is 1. The second kappa shape index (κ2) is 6.64. The van der Waals surface area contributed by atoms with E-state index < -0.39 is 0 Å². The normalized spacial score (nSPS) is 17.2. The number of piperidine rings is 1. The average Bonchev–Trinajstić information content (AvgIpc) is 2.77. The van der Waals surface area contributed by atoms with Crippen LogP contribution < -0.4 is 5.32 Å². The van der Waals surface area contributed by atoms with Gasteiger partial charge in [-0.1, -0.05) is 0 Å². The van der Waals surface area contributed by atoms with Gasteiger partial charge in [0.25, 0.3) is 0 Å². The molecule has 0 spiro atoms. The fourth-order valence-corrected chi connectivity index (χ4v) is 3.42. The molecule has 1 fully saturated rings. The first kappa shape index (κ1) is 13.2. The second-order valence-electron chi connectivity index (χ2n) is 4.13. The van der Waals surface area contributed by atoms with Crippen molar-refractivity contribution in [3.63, 3.8) is 0 Å².